The van der Waals surface area contributed by atoms with Gasteiger partial charge >= 0.3 is 0 Å². The number of H-pyrrole nitrogens is 1. The smallest absolute Gasteiger partial charge is 0.242 e. The second kappa shape index (κ2) is 8.74. The Labute approximate surface area is 189 Å². The Morgan fingerprint density at radius 3 is 2.62 bits per heavy atom. The molecule has 2 aliphatic rings. The minimum absolute atomic E-state index is 0.0499. The molecule has 3 aromatic rings. The van der Waals surface area contributed by atoms with Crippen molar-refractivity contribution in [2.24, 2.45) is 0 Å². The molecule has 4 heterocycles. The molecule has 1 saturated carbocycles. The van der Waals surface area contributed by atoms with Gasteiger partial charge in [0.15, 0.2) is 5.65 Å². The Balaban J connectivity index is 1.21. The zero-order chi connectivity index (χ0) is 22.1. The van der Waals surface area contributed by atoms with Crippen LogP contribution in [0.25, 0.3) is 22.3 Å². The van der Waals surface area contributed by atoms with Gasteiger partial charge < -0.3 is 20.9 Å². The minimum Gasteiger partial charge on any atom is -0.367 e. The number of halogens is 1. The maximum absolute atomic E-state index is 12.3. The van der Waals surface area contributed by atoms with Gasteiger partial charge in [-0.2, -0.15) is 0 Å². The van der Waals surface area contributed by atoms with Gasteiger partial charge in [-0.25, -0.2) is 9.97 Å². The molecule has 2 fully saturated rings. The molecule has 0 radical (unpaired) electrons. The predicted octanol–water partition coefficient (Wildman–Crippen LogP) is 2.79. The monoisotopic (exact) mass is 453 g/mol. The van der Waals surface area contributed by atoms with Gasteiger partial charge in [0.05, 0.1) is 0 Å². The first-order valence-corrected chi connectivity index (χ1v) is 11.3. The van der Waals surface area contributed by atoms with E-state index in [9.17, 15) is 9.59 Å². The lowest BCUT2D eigenvalue weighted by atomic mass is 9.91. The number of rotatable bonds is 5. The molecule has 1 saturated heterocycles. The van der Waals surface area contributed by atoms with E-state index in [1.165, 1.54) is 0 Å². The summed E-state index contributed by atoms with van der Waals surface area (Å²) in [6, 6.07) is 3.78. The Morgan fingerprint density at radius 1 is 1.06 bits per heavy atom. The van der Waals surface area contributed by atoms with Gasteiger partial charge in [-0.05, 0) is 49.8 Å². The van der Waals surface area contributed by atoms with Crippen molar-refractivity contribution in [1.29, 1.82) is 0 Å². The standard InChI is InChI=1S/C22H24ClN7O2/c23-17-9-12(15-11-26-21-20(15)24-7-8-25-21)10-18(30-17)27-13-1-3-14(4-2-13)28-22(32)16-5-6-19(31)29-16/h7-11,13-14,16H,1-6H2,(H,25,26)(H,27,30)(H,28,32)(H,29,31)/t13-,14-,16?. The predicted molar refractivity (Wildman–Crippen MR) is 121 cm³/mol. The molecule has 2 amide bonds. The molecule has 9 nitrogen and oxygen atoms in total. The highest BCUT2D eigenvalue weighted by atomic mass is 35.5. The maximum atomic E-state index is 12.3. The van der Waals surface area contributed by atoms with Crippen molar-refractivity contribution in [2.45, 2.75) is 56.7 Å². The van der Waals surface area contributed by atoms with E-state index >= 15 is 0 Å². The SMILES string of the molecule is O=C1CCC(C(=O)N[C@H]2CC[C@H](Nc3cc(-c4c[nH]c5nccnc45)cc(Cl)n3)CC2)N1. The zero-order valence-corrected chi connectivity index (χ0v) is 18.2. The van der Waals surface area contributed by atoms with Crippen LogP contribution in [-0.2, 0) is 9.59 Å². The number of carbonyl (C=O) groups is 2. The molecule has 5 rings (SSSR count). The number of hydrogen-bond donors (Lipinski definition) is 4. The molecule has 3 aromatic heterocycles. The van der Waals surface area contributed by atoms with Gasteiger partial charge in [0, 0.05) is 42.7 Å². The van der Waals surface area contributed by atoms with Gasteiger partial charge in [0.2, 0.25) is 11.8 Å². The summed E-state index contributed by atoms with van der Waals surface area (Å²) in [5.74, 6) is 0.591. The summed E-state index contributed by atoms with van der Waals surface area (Å²) < 4.78 is 0. The number of nitrogens with one attached hydrogen (secondary N) is 4. The average molecular weight is 454 g/mol. The lowest BCUT2D eigenvalue weighted by Crippen LogP contribution is -2.47. The molecule has 166 valence electrons. The summed E-state index contributed by atoms with van der Waals surface area (Å²) in [6.45, 7) is 0. The Morgan fingerprint density at radius 2 is 1.84 bits per heavy atom. The summed E-state index contributed by atoms with van der Waals surface area (Å²) in [5.41, 5.74) is 3.35. The number of aromatic nitrogens is 4. The van der Waals surface area contributed by atoms with Crippen molar-refractivity contribution >= 4 is 40.4 Å². The maximum Gasteiger partial charge on any atom is 0.242 e. The molecule has 0 bridgehead atoms. The van der Waals surface area contributed by atoms with Gasteiger partial charge in [0.25, 0.3) is 0 Å². The minimum atomic E-state index is -0.387. The van der Waals surface area contributed by atoms with Gasteiger partial charge in [-0.3, -0.25) is 14.6 Å². The number of anilines is 1. The third-order valence-electron chi connectivity index (χ3n) is 6.15. The van der Waals surface area contributed by atoms with E-state index in [0.717, 1.165) is 48.0 Å². The topological polar surface area (TPSA) is 125 Å². The van der Waals surface area contributed by atoms with Crippen LogP contribution in [0.15, 0.2) is 30.7 Å². The summed E-state index contributed by atoms with van der Waals surface area (Å²) >= 11 is 6.31. The average Bonchev–Trinajstić information content (AvgIpc) is 3.41. The van der Waals surface area contributed by atoms with E-state index in [-0.39, 0.29) is 29.9 Å². The summed E-state index contributed by atoms with van der Waals surface area (Å²) in [4.78, 5) is 40.0. The molecular weight excluding hydrogens is 430 g/mol. The van der Waals surface area contributed by atoms with E-state index in [4.69, 9.17) is 11.6 Å². The fraction of sp³-hybridized carbons (Fsp3) is 0.409. The Hall–Kier alpha value is -3.20. The van der Waals surface area contributed by atoms with E-state index in [0.29, 0.717) is 23.8 Å². The molecule has 1 unspecified atom stereocenters. The molecule has 0 spiro atoms. The normalized spacial score (nSPS) is 23.2. The van der Waals surface area contributed by atoms with Crippen LogP contribution in [0.5, 0.6) is 0 Å². The van der Waals surface area contributed by atoms with Crippen molar-refractivity contribution in [3.63, 3.8) is 0 Å². The van der Waals surface area contributed by atoms with Crippen LogP contribution < -0.4 is 16.0 Å². The second-order valence-electron chi connectivity index (χ2n) is 8.38. The zero-order valence-electron chi connectivity index (χ0n) is 17.4. The van der Waals surface area contributed by atoms with Crippen LogP contribution >= 0.6 is 11.6 Å². The number of carbonyl (C=O) groups excluding carboxylic acids is 2. The first-order valence-electron chi connectivity index (χ1n) is 10.9. The van der Waals surface area contributed by atoms with E-state index in [1.54, 1.807) is 12.4 Å². The van der Waals surface area contributed by atoms with Crippen molar-refractivity contribution in [1.82, 2.24) is 30.6 Å². The fourth-order valence-electron chi connectivity index (χ4n) is 4.50. The lowest BCUT2D eigenvalue weighted by Gasteiger charge is -2.30. The Bertz CT molecular complexity index is 1160. The number of hydrogen-bond acceptors (Lipinski definition) is 6. The third kappa shape index (κ3) is 4.38. The molecule has 10 heteroatoms. The highest BCUT2D eigenvalue weighted by Crippen LogP contribution is 2.30. The van der Waals surface area contributed by atoms with Gasteiger partial charge in [0.1, 0.15) is 22.5 Å². The molecular formula is C22H24ClN7O2. The molecule has 32 heavy (non-hydrogen) atoms. The number of pyridine rings is 1. The van der Waals surface area contributed by atoms with Crippen LogP contribution in [0.2, 0.25) is 5.15 Å². The first-order chi connectivity index (χ1) is 15.5. The highest BCUT2D eigenvalue weighted by Gasteiger charge is 2.30. The van der Waals surface area contributed by atoms with Gasteiger partial charge in [-0.1, -0.05) is 11.6 Å². The largest absolute Gasteiger partial charge is 0.367 e. The Kier molecular flexibility index (Phi) is 5.65. The number of fused-ring (bicyclic) bond motifs is 1. The number of aromatic amines is 1. The van der Waals surface area contributed by atoms with Crippen molar-refractivity contribution in [3.8, 4) is 11.1 Å². The van der Waals surface area contributed by atoms with Crippen LogP contribution in [0.1, 0.15) is 38.5 Å². The highest BCUT2D eigenvalue weighted by molar-refractivity contribution is 6.29. The summed E-state index contributed by atoms with van der Waals surface area (Å²) in [6.07, 6.45) is 9.75. The van der Waals surface area contributed by atoms with Crippen LogP contribution in [0.4, 0.5) is 5.82 Å². The first kappa shape index (κ1) is 20.7. The van der Waals surface area contributed by atoms with Crippen LogP contribution in [-0.4, -0.2) is 49.9 Å². The van der Waals surface area contributed by atoms with Crippen LogP contribution in [0, 0.1) is 0 Å². The van der Waals surface area contributed by atoms with E-state index in [1.807, 2.05) is 18.3 Å². The van der Waals surface area contributed by atoms with Crippen molar-refractivity contribution in [2.75, 3.05) is 5.32 Å². The lowest BCUT2D eigenvalue weighted by molar-refractivity contribution is -0.126. The summed E-state index contributed by atoms with van der Waals surface area (Å²) in [7, 11) is 0. The summed E-state index contributed by atoms with van der Waals surface area (Å²) in [5, 5.41) is 9.71. The molecule has 0 aromatic carbocycles. The number of nitrogens with zero attached hydrogens (tertiary/aromatic N) is 3. The van der Waals surface area contributed by atoms with Crippen molar-refractivity contribution in [3.05, 3.63) is 35.9 Å². The third-order valence-corrected chi connectivity index (χ3v) is 6.34. The van der Waals surface area contributed by atoms with E-state index < -0.39 is 0 Å². The van der Waals surface area contributed by atoms with Gasteiger partial charge in [-0.15, -0.1) is 0 Å². The van der Waals surface area contributed by atoms with Crippen LogP contribution in [0.3, 0.4) is 0 Å². The fourth-order valence-corrected chi connectivity index (χ4v) is 4.71. The van der Waals surface area contributed by atoms with E-state index in [2.05, 4.69) is 35.9 Å². The number of amides is 2. The molecule has 4 N–H and O–H groups in total. The molecule has 1 aliphatic carbocycles. The molecule has 1 aliphatic heterocycles. The van der Waals surface area contributed by atoms with Crippen molar-refractivity contribution < 1.29 is 9.59 Å². The molecule has 1 atom stereocenters. The second-order valence-corrected chi connectivity index (χ2v) is 8.77. The quantitative estimate of drug-likeness (QED) is 0.440.